The third kappa shape index (κ3) is 1.79. The first-order chi connectivity index (χ1) is 8.06. The van der Waals surface area contributed by atoms with Crippen LogP contribution in [0.4, 0.5) is 0 Å². The van der Waals surface area contributed by atoms with Gasteiger partial charge in [0.25, 0.3) is 0 Å². The van der Waals surface area contributed by atoms with Crippen molar-refractivity contribution in [2.75, 3.05) is 7.11 Å². The van der Waals surface area contributed by atoms with Crippen molar-refractivity contribution in [2.24, 2.45) is 0 Å². The molecule has 17 heavy (non-hydrogen) atoms. The maximum Gasteiger partial charge on any atom is 0.490 e. The highest BCUT2D eigenvalue weighted by Crippen LogP contribution is 2.22. The van der Waals surface area contributed by atoms with Gasteiger partial charge in [0.15, 0.2) is 0 Å². The predicted octanol–water partition coefficient (Wildman–Crippen LogP) is -0.615. The summed E-state index contributed by atoms with van der Waals surface area (Å²) >= 11 is 0. The largest absolute Gasteiger partial charge is 0.490 e. The van der Waals surface area contributed by atoms with Crippen molar-refractivity contribution in [3.63, 3.8) is 0 Å². The molecule has 2 N–H and O–H groups in total. The first-order valence-corrected chi connectivity index (χ1v) is 4.97. The number of hydrogen-bond acceptors (Lipinski definition) is 5. The van der Waals surface area contributed by atoms with Crippen LogP contribution in [-0.4, -0.2) is 39.7 Å². The summed E-state index contributed by atoms with van der Waals surface area (Å²) in [6, 6.07) is 1.62. The van der Waals surface area contributed by atoms with Crippen molar-refractivity contribution >= 4 is 29.4 Å². The summed E-state index contributed by atoms with van der Waals surface area (Å²) in [5.74, 6) is 0.0641. The Kier molecular flexibility index (Phi) is 2.87. The lowest BCUT2D eigenvalue weighted by Crippen LogP contribution is -2.31. The monoisotopic (exact) mass is 234 g/mol. The summed E-state index contributed by atoms with van der Waals surface area (Å²) < 4.78 is 6.42. The highest BCUT2D eigenvalue weighted by Gasteiger charge is 2.21. The Balaban J connectivity index is 2.82. The van der Waals surface area contributed by atoms with Gasteiger partial charge >= 0.3 is 7.12 Å². The average molecular weight is 234 g/mol. The van der Waals surface area contributed by atoms with Crippen molar-refractivity contribution in [1.82, 2.24) is 9.55 Å². The van der Waals surface area contributed by atoms with Gasteiger partial charge < -0.3 is 14.8 Å². The molecule has 0 amide bonds. The van der Waals surface area contributed by atoms with E-state index in [1.165, 1.54) is 24.8 Å². The molecule has 2 aromatic heterocycles. The fourth-order valence-electron chi connectivity index (χ4n) is 1.76. The van der Waals surface area contributed by atoms with Gasteiger partial charge in [-0.1, -0.05) is 0 Å². The van der Waals surface area contributed by atoms with Crippen molar-refractivity contribution < 1.29 is 19.6 Å². The van der Waals surface area contributed by atoms with E-state index < -0.39 is 7.12 Å². The number of methoxy groups -OCH3 is 1. The van der Waals surface area contributed by atoms with Gasteiger partial charge in [-0.15, -0.1) is 0 Å². The molecule has 2 rings (SSSR count). The normalized spacial score (nSPS) is 10.6. The fraction of sp³-hybridized carbons (Fsp3) is 0.200. The van der Waals surface area contributed by atoms with Gasteiger partial charge in [0.2, 0.25) is 11.8 Å². The van der Waals surface area contributed by atoms with Crippen LogP contribution in [0.15, 0.2) is 18.5 Å². The van der Waals surface area contributed by atoms with Crippen LogP contribution >= 0.6 is 0 Å². The molecule has 0 saturated heterocycles. The van der Waals surface area contributed by atoms with E-state index in [2.05, 4.69) is 4.98 Å². The number of nitrogens with zero attached hydrogens (tertiary/aromatic N) is 2. The topological polar surface area (TPSA) is 84.6 Å². The van der Waals surface area contributed by atoms with Crippen molar-refractivity contribution in [3.05, 3.63) is 18.5 Å². The minimum Gasteiger partial charge on any atom is -0.479 e. The molecule has 0 radical (unpaired) electrons. The maximum absolute atomic E-state index is 11.4. The molecule has 7 heteroatoms. The zero-order valence-corrected chi connectivity index (χ0v) is 9.41. The maximum atomic E-state index is 11.4. The quantitative estimate of drug-likeness (QED) is 0.676. The van der Waals surface area contributed by atoms with E-state index in [1.807, 2.05) is 0 Å². The third-order valence-corrected chi connectivity index (χ3v) is 2.53. The second-order valence-electron chi connectivity index (χ2n) is 3.56. The van der Waals surface area contributed by atoms with E-state index >= 15 is 0 Å². The number of aromatic nitrogens is 2. The molecule has 6 nitrogen and oxygen atoms in total. The first kappa shape index (κ1) is 11.6. The van der Waals surface area contributed by atoms with Crippen LogP contribution in [0.5, 0.6) is 5.88 Å². The highest BCUT2D eigenvalue weighted by molar-refractivity contribution is 6.61. The Morgan fingerprint density at radius 1 is 1.53 bits per heavy atom. The lowest BCUT2D eigenvalue weighted by Gasteiger charge is -2.07. The van der Waals surface area contributed by atoms with Gasteiger partial charge in [-0.05, 0) is 6.07 Å². The van der Waals surface area contributed by atoms with Crippen LogP contribution in [0.1, 0.15) is 11.7 Å². The van der Waals surface area contributed by atoms with Crippen LogP contribution in [0.25, 0.3) is 10.9 Å². The van der Waals surface area contributed by atoms with E-state index in [4.69, 9.17) is 4.74 Å². The molecule has 0 unspecified atom stereocenters. The van der Waals surface area contributed by atoms with Gasteiger partial charge in [-0.25, -0.2) is 4.98 Å². The molecular formula is C10H11BN2O4. The van der Waals surface area contributed by atoms with E-state index in [0.29, 0.717) is 10.9 Å². The number of carbonyl (C=O) groups excluding carboxylic acids is 1. The Hall–Kier alpha value is -1.86. The Morgan fingerprint density at radius 3 is 2.76 bits per heavy atom. The summed E-state index contributed by atoms with van der Waals surface area (Å²) in [5, 5.41) is 19.0. The second-order valence-corrected chi connectivity index (χ2v) is 3.56. The molecular weight excluding hydrogens is 223 g/mol. The third-order valence-electron chi connectivity index (χ3n) is 2.53. The van der Waals surface area contributed by atoms with E-state index in [9.17, 15) is 14.8 Å². The lowest BCUT2D eigenvalue weighted by molar-refractivity contribution is 0.0941. The number of ether oxygens (including phenoxy) is 1. The molecule has 0 saturated carbocycles. The number of fused-ring (bicyclic) bond motifs is 1. The highest BCUT2D eigenvalue weighted by atomic mass is 16.5. The first-order valence-electron chi connectivity index (χ1n) is 4.97. The second kappa shape index (κ2) is 4.19. The number of hydrogen-bond donors (Lipinski definition) is 2. The smallest absolute Gasteiger partial charge is 0.479 e. The molecule has 0 fully saturated rings. The van der Waals surface area contributed by atoms with Crippen LogP contribution in [0.2, 0.25) is 0 Å². The standard InChI is InChI=1S/C10H11BN2O4/c1-6(14)13-4-3-7-8(11(15)16)5-12-10(17-2)9(7)13/h3-5,15-16H,1-2H3. The lowest BCUT2D eigenvalue weighted by atomic mass is 9.79. The average Bonchev–Trinajstić information content (AvgIpc) is 2.71. The molecule has 0 aliphatic carbocycles. The minimum absolute atomic E-state index is 0.204. The van der Waals surface area contributed by atoms with E-state index in [1.54, 1.807) is 12.3 Å². The van der Waals surface area contributed by atoms with Gasteiger partial charge in [-0.3, -0.25) is 9.36 Å². The summed E-state index contributed by atoms with van der Waals surface area (Å²) in [7, 11) is -0.201. The van der Waals surface area contributed by atoms with Gasteiger partial charge in [0.1, 0.15) is 5.52 Å². The Morgan fingerprint density at radius 2 is 2.24 bits per heavy atom. The molecule has 0 aliphatic heterocycles. The van der Waals surface area contributed by atoms with Crippen LogP contribution in [-0.2, 0) is 0 Å². The summed E-state index contributed by atoms with van der Waals surface area (Å²) in [6.07, 6.45) is 2.86. The summed E-state index contributed by atoms with van der Waals surface area (Å²) in [4.78, 5) is 15.4. The van der Waals surface area contributed by atoms with Gasteiger partial charge in [-0.2, -0.15) is 0 Å². The fourth-order valence-corrected chi connectivity index (χ4v) is 1.76. The molecule has 0 aliphatic rings. The van der Waals surface area contributed by atoms with E-state index in [0.717, 1.165) is 0 Å². The zero-order chi connectivity index (χ0) is 12.6. The number of pyridine rings is 1. The summed E-state index contributed by atoms with van der Waals surface area (Å²) in [6.45, 7) is 1.40. The molecule has 88 valence electrons. The molecule has 0 spiro atoms. The Bertz CT molecular complexity index is 579. The SMILES string of the molecule is COc1ncc(B(O)O)c2ccn(C(C)=O)c12. The van der Waals surface area contributed by atoms with Crippen LogP contribution in [0.3, 0.4) is 0 Å². The Labute approximate surface area is 97.6 Å². The number of rotatable bonds is 2. The van der Waals surface area contributed by atoms with Crippen molar-refractivity contribution in [3.8, 4) is 5.88 Å². The molecule has 0 bridgehead atoms. The van der Waals surface area contributed by atoms with Crippen molar-refractivity contribution in [1.29, 1.82) is 0 Å². The van der Waals surface area contributed by atoms with E-state index in [-0.39, 0.29) is 17.2 Å². The predicted molar refractivity (Wildman–Crippen MR) is 62.4 cm³/mol. The van der Waals surface area contributed by atoms with Crippen LogP contribution < -0.4 is 10.2 Å². The molecule has 0 atom stereocenters. The zero-order valence-electron chi connectivity index (χ0n) is 9.41. The molecule has 2 heterocycles. The summed E-state index contributed by atoms with van der Waals surface area (Å²) in [5.41, 5.74) is 0.673. The minimum atomic E-state index is -1.64. The van der Waals surface area contributed by atoms with Crippen molar-refractivity contribution in [2.45, 2.75) is 6.92 Å². The molecule has 0 aromatic carbocycles. The molecule has 2 aromatic rings. The number of carbonyl (C=O) groups is 1. The van der Waals surface area contributed by atoms with Gasteiger partial charge in [0.05, 0.1) is 7.11 Å². The van der Waals surface area contributed by atoms with Crippen LogP contribution in [0, 0.1) is 0 Å². The van der Waals surface area contributed by atoms with Gasteiger partial charge in [0, 0.05) is 30.2 Å².